The van der Waals surface area contributed by atoms with Gasteiger partial charge in [0, 0.05) is 23.5 Å². The third-order valence-corrected chi connectivity index (χ3v) is 8.22. The van der Waals surface area contributed by atoms with E-state index in [1.54, 1.807) is 19.2 Å². The molecule has 0 fully saturated rings. The van der Waals surface area contributed by atoms with Crippen molar-refractivity contribution < 1.29 is 14.3 Å². The number of carbonyl (C=O) groups is 1. The van der Waals surface area contributed by atoms with E-state index in [0.29, 0.717) is 23.7 Å². The zero-order valence-electron chi connectivity index (χ0n) is 24.7. The molecule has 1 heterocycles. The smallest absolute Gasteiger partial charge is 0.255 e. The molecule has 0 aromatic heterocycles. The number of methoxy groups -OCH3 is 1. The highest BCUT2D eigenvalue weighted by Crippen LogP contribution is 2.29. The Balaban J connectivity index is 0.00000560. The molecule has 40 heavy (non-hydrogen) atoms. The summed E-state index contributed by atoms with van der Waals surface area (Å²) in [6, 6.07) is 13.4. The minimum atomic E-state index is -0.164. The van der Waals surface area contributed by atoms with E-state index in [1.165, 1.54) is 81.9 Å². The minimum absolute atomic E-state index is 0. The number of hydrogen-bond acceptors (Lipinski definition) is 5. The molecule has 1 aliphatic heterocycles. The summed E-state index contributed by atoms with van der Waals surface area (Å²) in [5.74, 6) is 2.10. The largest absolute Gasteiger partial charge is 0.493 e. The van der Waals surface area contributed by atoms with Crippen LogP contribution in [-0.4, -0.2) is 30.4 Å². The zero-order valence-corrected chi connectivity index (χ0v) is 27.2. The second-order valence-electron chi connectivity index (χ2n) is 10.5. The molecule has 0 saturated heterocycles. The van der Waals surface area contributed by atoms with E-state index in [-0.39, 0.29) is 22.9 Å². The summed E-state index contributed by atoms with van der Waals surface area (Å²) >= 11 is 1.82. The topological polar surface area (TPSA) is 50.8 Å². The van der Waals surface area contributed by atoms with E-state index in [9.17, 15) is 4.79 Å². The number of hydrogen-bond donors (Lipinski definition) is 1. The first kappa shape index (κ1) is 34.1. The molecular weight excluding hydrogens is 584 g/mol. The van der Waals surface area contributed by atoms with Crippen LogP contribution in [0.3, 0.4) is 0 Å². The van der Waals surface area contributed by atoms with Crippen LogP contribution in [0.5, 0.6) is 11.5 Å². The number of carbonyl (C=O) groups excluding carboxylic acids is 1. The van der Waals surface area contributed by atoms with Crippen molar-refractivity contribution in [2.45, 2.75) is 97.4 Å². The molecule has 1 amide bonds. The lowest BCUT2D eigenvalue weighted by Gasteiger charge is -2.19. The second kappa shape index (κ2) is 19.9. The molecule has 0 atom stereocenters. The third kappa shape index (κ3) is 12.2. The summed E-state index contributed by atoms with van der Waals surface area (Å²) < 4.78 is 11.5. The van der Waals surface area contributed by atoms with Crippen molar-refractivity contribution >= 4 is 40.3 Å². The molecule has 0 spiro atoms. The number of halogens is 1. The molecule has 0 bridgehead atoms. The van der Waals surface area contributed by atoms with Crippen LogP contribution >= 0.6 is 28.7 Å². The van der Waals surface area contributed by atoms with E-state index >= 15 is 0 Å². The predicted octanol–water partition coefficient (Wildman–Crippen LogP) is 9.97. The van der Waals surface area contributed by atoms with Gasteiger partial charge in [-0.05, 0) is 54.6 Å². The maximum atomic E-state index is 12.9. The number of anilines is 1. The highest BCUT2D eigenvalue weighted by atomic mass is 79.9. The maximum Gasteiger partial charge on any atom is 0.255 e. The van der Waals surface area contributed by atoms with Gasteiger partial charge in [-0.25, -0.2) is 0 Å². The molecule has 1 N–H and O–H groups in total. The van der Waals surface area contributed by atoms with Crippen molar-refractivity contribution in [3.63, 3.8) is 0 Å². The summed E-state index contributed by atoms with van der Waals surface area (Å²) in [6.07, 6.45) is 15.9. The Kier molecular flexibility index (Phi) is 16.9. The number of unbranched alkanes of at least 4 members (excludes halogenated alkanes) is 11. The van der Waals surface area contributed by atoms with Crippen molar-refractivity contribution in [1.82, 2.24) is 4.90 Å². The van der Waals surface area contributed by atoms with Gasteiger partial charge < -0.3 is 19.7 Å². The predicted molar refractivity (Wildman–Crippen MR) is 176 cm³/mol. The number of amides is 1. The van der Waals surface area contributed by atoms with Gasteiger partial charge in [0.05, 0.1) is 19.6 Å². The summed E-state index contributed by atoms with van der Waals surface area (Å²) in [7, 11) is 1.61. The number of ether oxygens (including phenoxy) is 2. The van der Waals surface area contributed by atoms with Crippen molar-refractivity contribution in [1.29, 1.82) is 0 Å². The molecule has 2 aromatic carbocycles. The average Bonchev–Trinajstić information content (AvgIpc) is 3.36. The summed E-state index contributed by atoms with van der Waals surface area (Å²) in [4.78, 5) is 15.2. The molecule has 0 radical (unpaired) electrons. The Labute approximate surface area is 257 Å². The Morgan fingerprint density at radius 1 is 0.875 bits per heavy atom. The first-order valence-electron chi connectivity index (χ1n) is 14.8. The van der Waals surface area contributed by atoms with Gasteiger partial charge >= 0.3 is 0 Å². The Bertz CT molecular complexity index is 1030. The van der Waals surface area contributed by atoms with E-state index in [1.807, 2.05) is 30.0 Å². The van der Waals surface area contributed by atoms with Crippen LogP contribution in [0.25, 0.3) is 0 Å². The van der Waals surface area contributed by atoms with Crippen LogP contribution in [0.2, 0.25) is 0 Å². The standard InChI is InChI=1S/C33H48N2O3S.BrH/c1-4-5-6-7-8-9-10-11-12-13-14-15-22-38-31-21-18-29(23-32(31)37-3)33(36)34-30-19-16-28(17-20-30)24-35-26-39-25-27(35)2;/h16-21,23,25H,4-15,22,24,26H2,1-3H3,(H,34,36);1H. The number of nitrogens with zero attached hydrogens (tertiary/aromatic N) is 1. The molecule has 222 valence electrons. The number of benzene rings is 2. The Morgan fingerprint density at radius 3 is 2.08 bits per heavy atom. The van der Waals surface area contributed by atoms with Gasteiger partial charge in [0.15, 0.2) is 11.5 Å². The van der Waals surface area contributed by atoms with Crippen molar-refractivity contribution in [2.75, 3.05) is 24.9 Å². The summed E-state index contributed by atoms with van der Waals surface area (Å²) in [5.41, 5.74) is 3.84. The Morgan fingerprint density at radius 2 is 1.50 bits per heavy atom. The van der Waals surface area contributed by atoms with Gasteiger partial charge in [0.2, 0.25) is 0 Å². The van der Waals surface area contributed by atoms with Crippen LogP contribution in [0.1, 0.15) is 107 Å². The molecule has 1 aliphatic rings. The fourth-order valence-corrected chi connectivity index (χ4v) is 5.70. The molecule has 0 aliphatic carbocycles. The zero-order chi connectivity index (χ0) is 27.7. The lowest BCUT2D eigenvalue weighted by Crippen LogP contribution is -2.17. The number of thioether (sulfide) groups is 1. The second-order valence-corrected chi connectivity index (χ2v) is 11.3. The van der Waals surface area contributed by atoms with Crippen molar-refractivity contribution in [2.24, 2.45) is 0 Å². The molecule has 3 rings (SSSR count). The monoisotopic (exact) mass is 632 g/mol. The van der Waals surface area contributed by atoms with Gasteiger partial charge in [-0.3, -0.25) is 4.79 Å². The third-order valence-electron chi connectivity index (χ3n) is 7.25. The van der Waals surface area contributed by atoms with Crippen LogP contribution in [0, 0.1) is 0 Å². The first-order valence-corrected chi connectivity index (χ1v) is 15.9. The van der Waals surface area contributed by atoms with Crippen LogP contribution < -0.4 is 14.8 Å². The lowest BCUT2D eigenvalue weighted by atomic mass is 10.1. The fraction of sp³-hybridized carbons (Fsp3) is 0.545. The average molecular weight is 634 g/mol. The Hall–Kier alpha value is -2.12. The van der Waals surface area contributed by atoms with Gasteiger partial charge in [-0.2, -0.15) is 0 Å². The molecule has 7 heteroatoms. The summed E-state index contributed by atoms with van der Waals surface area (Å²) in [6.45, 7) is 5.95. The van der Waals surface area contributed by atoms with Crippen LogP contribution in [-0.2, 0) is 6.54 Å². The SMILES string of the molecule is Br.CCCCCCCCCCCCCCOc1ccc(C(=O)Nc2ccc(CN3CSC=C3C)cc2)cc1OC. The minimum Gasteiger partial charge on any atom is -0.493 e. The van der Waals surface area contributed by atoms with Crippen LogP contribution in [0.15, 0.2) is 53.6 Å². The molecule has 0 saturated carbocycles. The normalized spacial score (nSPS) is 12.6. The highest BCUT2D eigenvalue weighted by molar-refractivity contribution is 8.93. The number of allylic oxidation sites excluding steroid dienone is 1. The van der Waals surface area contributed by atoms with Gasteiger partial charge in [0.1, 0.15) is 0 Å². The van der Waals surface area contributed by atoms with Crippen molar-refractivity contribution in [3.05, 3.63) is 64.7 Å². The van der Waals surface area contributed by atoms with Crippen LogP contribution in [0.4, 0.5) is 5.69 Å². The molecular formula is C33H49BrN2O3S. The van der Waals surface area contributed by atoms with Gasteiger partial charge in [0.25, 0.3) is 5.91 Å². The van der Waals surface area contributed by atoms with Crippen molar-refractivity contribution in [3.8, 4) is 11.5 Å². The molecule has 5 nitrogen and oxygen atoms in total. The quantitative estimate of drug-likeness (QED) is 0.156. The van der Waals surface area contributed by atoms with Gasteiger partial charge in [-0.1, -0.05) is 89.7 Å². The number of rotatable bonds is 19. The maximum absolute atomic E-state index is 12.9. The van der Waals surface area contributed by atoms with E-state index < -0.39 is 0 Å². The molecule has 2 aromatic rings. The van der Waals surface area contributed by atoms with E-state index in [2.05, 4.69) is 41.6 Å². The fourth-order valence-electron chi connectivity index (χ4n) is 4.76. The van der Waals surface area contributed by atoms with E-state index in [0.717, 1.165) is 24.5 Å². The van der Waals surface area contributed by atoms with Gasteiger partial charge in [-0.15, -0.1) is 28.7 Å². The van der Waals surface area contributed by atoms with E-state index in [4.69, 9.17) is 9.47 Å². The lowest BCUT2D eigenvalue weighted by molar-refractivity contribution is 0.102. The number of nitrogens with one attached hydrogen (secondary N) is 1. The summed E-state index contributed by atoms with van der Waals surface area (Å²) in [5, 5.41) is 5.18. The molecule has 0 unspecified atom stereocenters. The first-order chi connectivity index (χ1) is 19.1. The highest BCUT2D eigenvalue weighted by Gasteiger charge is 2.13.